The molecular formula is C14H18N2O2S. The summed E-state index contributed by atoms with van der Waals surface area (Å²) in [5.74, 6) is 0.769. The van der Waals surface area contributed by atoms with E-state index in [2.05, 4.69) is 0 Å². The minimum absolute atomic E-state index is 0.110. The Morgan fingerprint density at radius 3 is 2.79 bits per heavy atom. The van der Waals surface area contributed by atoms with Crippen LogP contribution in [-0.4, -0.2) is 11.2 Å². The van der Waals surface area contributed by atoms with E-state index >= 15 is 0 Å². The number of aromatic nitrogens is 1. The third-order valence-electron chi connectivity index (χ3n) is 3.03. The van der Waals surface area contributed by atoms with E-state index in [0.717, 1.165) is 22.7 Å². The molecule has 1 aromatic carbocycles. The predicted octanol–water partition coefficient (Wildman–Crippen LogP) is 2.58. The van der Waals surface area contributed by atoms with Crippen molar-refractivity contribution in [3.05, 3.63) is 44.5 Å². The van der Waals surface area contributed by atoms with Gasteiger partial charge in [-0.1, -0.05) is 17.4 Å². The van der Waals surface area contributed by atoms with Crippen molar-refractivity contribution >= 4 is 17.0 Å². The minimum Gasteiger partial charge on any atom is -0.493 e. The molecule has 5 heteroatoms. The van der Waals surface area contributed by atoms with Gasteiger partial charge in [0.1, 0.15) is 5.75 Å². The summed E-state index contributed by atoms with van der Waals surface area (Å²) in [5.41, 5.74) is 7.42. The molecule has 0 atom stereocenters. The van der Waals surface area contributed by atoms with E-state index in [9.17, 15) is 4.79 Å². The maximum atomic E-state index is 11.7. The molecule has 0 aliphatic rings. The van der Waals surface area contributed by atoms with Gasteiger partial charge in [-0.05, 0) is 32.4 Å². The molecule has 2 rings (SSSR count). The van der Waals surface area contributed by atoms with Crippen LogP contribution in [0.5, 0.6) is 5.75 Å². The molecule has 2 aromatic rings. The molecule has 0 amide bonds. The first-order chi connectivity index (χ1) is 9.08. The Labute approximate surface area is 116 Å². The molecule has 0 aliphatic heterocycles. The van der Waals surface area contributed by atoms with Gasteiger partial charge in [0.2, 0.25) is 0 Å². The lowest BCUT2D eigenvalue weighted by atomic mass is 10.3. The Kier molecular flexibility index (Phi) is 4.27. The van der Waals surface area contributed by atoms with Crippen LogP contribution in [0.25, 0.3) is 0 Å². The molecule has 0 fully saturated rings. The van der Waals surface area contributed by atoms with E-state index in [-0.39, 0.29) is 4.87 Å². The highest BCUT2D eigenvalue weighted by molar-refractivity contribution is 7.09. The summed E-state index contributed by atoms with van der Waals surface area (Å²) >= 11 is 1.30. The lowest BCUT2D eigenvalue weighted by Crippen LogP contribution is -2.16. The molecule has 1 aromatic heterocycles. The Bertz CT molecular complexity index is 616. The van der Waals surface area contributed by atoms with Crippen LogP contribution >= 0.6 is 11.3 Å². The molecule has 0 unspecified atom stereocenters. The first kappa shape index (κ1) is 13.7. The molecule has 0 saturated carbocycles. The van der Waals surface area contributed by atoms with E-state index in [1.165, 1.54) is 11.3 Å². The van der Waals surface area contributed by atoms with Crippen LogP contribution < -0.4 is 15.3 Å². The zero-order chi connectivity index (χ0) is 13.8. The number of thiazole rings is 1. The molecule has 1 heterocycles. The van der Waals surface area contributed by atoms with Gasteiger partial charge in [-0.25, -0.2) is 0 Å². The Balaban J connectivity index is 1.86. The van der Waals surface area contributed by atoms with Gasteiger partial charge in [0, 0.05) is 28.9 Å². The minimum atomic E-state index is 0.110. The van der Waals surface area contributed by atoms with Gasteiger partial charge in [-0.3, -0.25) is 4.79 Å². The van der Waals surface area contributed by atoms with Crippen molar-refractivity contribution in [3.8, 4) is 5.75 Å². The number of hydrogen-bond acceptors (Lipinski definition) is 4. The van der Waals surface area contributed by atoms with Crippen molar-refractivity contribution in [1.29, 1.82) is 0 Å². The highest BCUT2D eigenvalue weighted by atomic mass is 32.1. The summed E-state index contributed by atoms with van der Waals surface area (Å²) in [6.07, 6.45) is 0.797. The van der Waals surface area contributed by atoms with Crippen LogP contribution in [0, 0.1) is 13.8 Å². The molecular weight excluding hydrogens is 260 g/mol. The molecule has 19 heavy (non-hydrogen) atoms. The first-order valence-electron chi connectivity index (χ1n) is 6.23. The van der Waals surface area contributed by atoms with Crippen molar-refractivity contribution in [1.82, 2.24) is 4.57 Å². The van der Waals surface area contributed by atoms with Crippen LogP contribution in [-0.2, 0) is 6.54 Å². The van der Waals surface area contributed by atoms with E-state index in [1.54, 1.807) is 6.07 Å². The van der Waals surface area contributed by atoms with Gasteiger partial charge in [0.05, 0.1) is 6.61 Å². The quantitative estimate of drug-likeness (QED) is 0.675. The highest BCUT2D eigenvalue weighted by Crippen LogP contribution is 2.15. The number of nitrogen functional groups attached to an aromatic ring is 1. The van der Waals surface area contributed by atoms with Gasteiger partial charge in [-0.2, -0.15) is 0 Å². The standard InChI is InChI=1S/C14H18N2O2S/c1-10-11(2)19-14(17)16(10)7-4-8-18-13-6-3-5-12(15)9-13/h3,5-6,9H,4,7-8,15H2,1-2H3. The number of ether oxygens (including phenoxy) is 1. The predicted molar refractivity (Wildman–Crippen MR) is 79.0 cm³/mol. The van der Waals surface area contributed by atoms with Crippen LogP contribution in [0.1, 0.15) is 17.0 Å². The lowest BCUT2D eigenvalue weighted by Gasteiger charge is -2.08. The number of nitrogens with two attached hydrogens (primary N) is 1. The van der Waals surface area contributed by atoms with Gasteiger partial charge in [-0.15, -0.1) is 0 Å². The van der Waals surface area contributed by atoms with Gasteiger partial charge < -0.3 is 15.0 Å². The summed E-state index contributed by atoms with van der Waals surface area (Å²) in [5, 5.41) is 0. The lowest BCUT2D eigenvalue weighted by molar-refractivity contribution is 0.301. The summed E-state index contributed by atoms with van der Waals surface area (Å²) in [4.78, 5) is 12.9. The second-order valence-electron chi connectivity index (χ2n) is 4.44. The smallest absolute Gasteiger partial charge is 0.307 e. The summed E-state index contributed by atoms with van der Waals surface area (Å²) in [7, 11) is 0. The van der Waals surface area contributed by atoms with Crippen LogP contribution in [0.2, 0.25) is 0 Å². The van der Waals surface area contributed by atoms with Crippen LogP contribution in [0.3, 0.4) is 0 Å². The Hall–Kier alpha value is -1.75. The number of hydrogen-bond donors (Lipinski definition) is 1. The Morgan fingerprint density at radius 1 is 1.37 bits per heavy atom. The fourth-order valence-electron chi connectivity index (χ4n) is 1.86. The molecule has 0 saturated heterocycles. The van der Waals surface area contributed by atoms with Crippen molar-refractivity contribution in [2.24, 2.45) is 0 Å². The van der Waals surface area contributed by atoms with Crippen LogP contribution in [0.15, 0.2) is 29.1 Å². The van der Waals surface area contributed by atoms with Gasteiger partial charge in [0.15, 0.2) is 0 Å². The van der Waals surface area contributed by atoms with E-state index in [0.29, 0.717) is 18.8 Å². The second-order valence-corrected chi connectivity index (χ2v) is 5.60. The molecule has 0 bridgehead atoms. The summed E-state index contributed by atoms with van der Waals surface area (Å²) < 4.78 is 7.41. The van der Waals surface area contributed by atoms with E-state index in [1.807, 2.05) is 36.6 Å². The van der Waals surface area contributed by atoms with Crippen LogP contribution in [0.4, 0.5) is 5.69 Å². The normalized spacial score (nSPS) is 10.6. The maximum Gasteiger partial charge on any atom is 0.307 e. The van der Waals surface area contributed by atoms with Crippen molar-refractivity contribution in [2.75, 3.05) is 12.3 Å². The molecule has 0 radical (unpaired) electrons. The number of rotatable bonds is 5. The highest BCUT2D eigenvalue weighted by Gasteiger charge is 2.06. The third-order valence-corrected chi connectivity index (χ3v) is 4.02. The average molecular weight is 278 g/mol. The van der Waals surface area contributed by atoms with E-state index in [4.69, 9.17) is 10.5 Å². The number of anilines is 1. The molecule has 4 nitrogen and oxygen atoms in total. The molecule has 2 N–H and O–H groups in total. The monoisotopic (exact) mass is 278 g/mol. The fraction of sp³-hybridized carbons (Fsp3) is 0.357. The fourth-order valence-corrected chi connectivity index (χ4v) is 2.72. The molecule has 0 aliphatic carbocycles. The largest absolute Gasteiger partial charge is 0.493 e. The summed E-state index contributed by atoms with van der Waals surface area (Å²) in [6, 6.07) is 7.36. The maximum absolute atomic E-state index is 11.7. The zero-order valence-corrected chi connectivity index (χ0v) is 12.0. The molecule has 0 spiro atoms. The number of aryl methyl sites for hydroxylation is 1. The summed E-state index contributed by atoms with van der Waals surface area (Å²) in [6.45, 7) is 5.22. The molecule has 102 valence electrons. The van der Waals surface area contributed by atoms with E-state index < -0.39 is 0 Å². The number of benzene rings is 1. The van der Waals surface area contributed by atoms with Crippen molar-refractivity contribution in [3.63, 3.8) is 0 Å². The zero-order valence-electron chi connectivity index (χ0n) is 11.2. The van der Waals surface area contributed by atoms with Crippen molar-refractivity contribution < 1.29 is 4.74 Å². The second kappa shape index (κ2) is 5.93. The first-order valence-corrected chi connectivity index (χ1v) is 7.05. The topological polar surface area (TPSA) is 57.2 Å². The van der Waals surface area contributed by atoms with Gasteiger partial charge in [0.25, 0.3) is 0 Å². The van der Waals surface area contributed by atoms with Gasteiger partial charge >= 0.3 is 4.87 Å². The Morgan fingerprint density at radius 2 is 2.16 bits per heavy atom. The third kappa shape index (κ3) is 3.38. The SMILES string of the molecule is Cc1sc(=O)n(CCCOc2cccc(N)c2)c1C. The number of nitrogens with zero attached hydrogens (tertiary/aromatic N) is 1. The average Bonchev–Trinajstić information content (AvgIpc) is 2.60. The van der Waals surface area contributed by atoms with Crippen molar-refractivity contribution in [2.45, 2.75) is 26.8 Å².